The maximum Gasteiger partial charge on any atom is 0.407 e. The molecule has 3 N–H and O–H groups in total. The van der Waals surface area contributed by atoms with Crippen LogP contribution in [0.4, 0.5) is 4.79 Å². The maximum atomic E-state index is 12.4. The number of methoxy groups -OCH3 is 2. The van der Waals surface area contributed by atoms with Crippen molar-refractivity contribution in [1.29, 1.82) is 0 Å². The number of aromatic nitrogens is 2. The third-order valence-corrected chi connectivity index (χ3v) is 5.77. The van der Waals surface area contributed by atoms with Gasteiger partial charge in [0, 0.05) is 28.7 Å². The SMILES string of the molecule is CCOC(=O)NCc1noc(C(CSCc2c(O)cc(OC)c(C)c2C(=O)OC)NC(C)=S)n1. The molecule has 0 fully saturated rings. The first-order valence-corrected chi connectivity index (χ1v) is 11.8. The Kier molecular flexibility index (Phi) is 10.4. The minimum Gasteiger partial charge on any atom is -0.507 e. The molecular weight excluding hydrogens is 484 g/mol. The third kappa shape index (κ3) is 7.22. The van der Waals surface area contributed by atoms with Gasteiger partial charge in [-0.3, -0.25) is 0 Å². The lowest BCUT2D eigenvalue weighted by Crippen LogP contribution is -2.27. The van der Waals surface area contributed by atoms with Gasteiger partial charge in [-0.1, -0.05) is 17.4 Å². The number of alkyl carbamates (subject to hydrolysis) is 1. The average Bonchev–Trinajstić information content (AvgIpc) is 3.27. The minimum absolute atomic E-state index is 0.0419. The molecular formula is C21H28N4O7S2. The quantitative estimate of drug-likeness (QED) is 0.300. The molecule has 2 aromatic rings. The van der Waals surface area contributed by atoms with Crippen LogP contribution in [0.5, 0.6) is 11.5 Å². The molecule has 2 rings (SSSR count). The van der Waals surface area contributed by atoms with Crippen LogP contribution >= 0.6 is 24.0 Å². The van der Waals surface area contributed by atoms with E-state index in [1.165, 1.54) is 32.0 Å². The second-order valence-electron chi connectivity index (χ2n) is 6.96. The number of carbonyl (C=O) groups excluding carboxylic acids is 2. The lowest BCUT2D eigenvalue weighted by atomic mass is 10.0. The summed E-state index contributed by atoms with van der Waals surface area (Å²) in [7, 11) is 2.74. The van der Waals surface area contributed by atoms with Gasteiger partial charge in [-0.2, -0.15) is 16.7 Å². The highest BCUT2D eigenvalue weighted by Gasteiger charge is 2.24. The van der Waals surface area contributed by atoms with E-state index in [2.05, 4.69) is 20.8 Å². The second-order valence-corrected chi connectivity index (χ2v) is 8.60. The van der Waals surface area contributed by atoms with Crippen molar-refractivity contribution in [2.45, 2.75) is 39.1 Å². The topological polar surface area (TPSA) is 145 Å². The van der Waals surface area contributed by atoms with Crippen LogP contribution in [0.15, 0.2) is 10.6 Å². The predicted molar refractivity (Wildman–Crippen MR) is 129 cm³/mol. The molecule has 0 aliphatic rings. The van der Waals surface area contributed by atoms with Crippen molar-refractivity contribution >= 4 is 41.0 Å². The molecule has 1 unspecified atom stereocenters. The Labute approximate surface area is 206 Å². The number of hydrogen-bond donors (Lipinski definition) is 3. The normalized spacial score (nSPS) is 11.4. The van der Waals surface area contributed by atoms with Gasteiger partial charge in [0.1, 0.15) is 17.5 Å². The van der Waals surface area contributed by atoms with Crippen molar-refractivity contribution < 1.29 is 33.4 Å². The summed E-state index contributed by atoms with van der Waals surface area (Å²) in [5, 5.41) is 20.0. The van der Waals surface area contributed by atoms with Gasteiger partial charge in [0.15, 0.2) is 5.82 Å². The Morgan fingerprint density at radius 2 is 2.09 bits per heavy atom. The van der Waals surface area contributed by atoms with E-state index in [0.717, 1.165) is 0 Å². The molecule has 1 heterocycles. The Balaban J connectivity index is 2.15. The average molecular weight is 513 g/mol. The molecule has 186 valence electrons. The number of carbonyl (C=O) groups is 2. The molecule has 0 saturated heterocycles. The van der Waals surface area contributed by atoms with Gasteiger partial charge in [0.2, 0.25) is 5.89 Å². The van der Waals surface area contributed by atoms with Gasteiger partial charge in [-0.15, -0.1) is 0 Å². The Bertz CT molecular complexity index is 1030. The fraction of sp³-hybridized carbons (Fsp3) is 0.476. The van der Waals surface area contributed by atoms with E-state index in [-0.39, 0.29) is 36.2 Å². The van der Waals surface area contributed by atoms with Crippen LogP contribution in [0, 0.1) is 6.92 Å². The number of amides is 1. The van der Waals surface area contributed by atoms with Crippen molar-refractivity contribution in [1.82, 2.24) is 20.8 Å². The fourth-order valence-corrected chi connectivity index (χ4v) is 4.26. The number of benzene rings is 1. The van der Waals surface area contributed by atoms with E-state index in [1.54, 1.807) is 20.8 Å². The molecule has 34 heavy (non-hydrogen) atoms. The third-order valence-electron chi connectivity index (χ3n) is 4.59. The molecule has 0 bridgehead atoms. The molecule has 13 heteroatoms. The molecule has 0 radical (unpaired) electrons. The predicted octanol–water partition coefficient (Wildman–Crippen LogP) is 3.04. The van der Waals surface area contributed by atoms with Crippen LogP contribution in [-0.2, 0) is 21.8 Å². The summed E-state index contributed by atoms with van der Waals surface area (Å²) in [4.78, 5) is 28.7. The molecule has 11 nitrogen and oxygen atoms in total. The van der Waals surface area contributed by atoms with E-state index < -0.39 is 18.1 Å². The molecule has 0 aliphatic heterocycles. The molecule has 0 aliphatic carbocycles. The van der Waals surface area contributed by atoms with Crippen LogP contribution in [0.2, 0.25) is 0 Å². The summed E-state index contributed by atoms with van der Waals surface area (Å²) in [5.41, 5.74) is 1.26. The Morgan fingerprint density at radius 3 is 2.71 bits per heavy atom. The van der Waals surface area contributed by atoms with Gasteiger partial charge < -0.3 is 34.5 Å². The first kappa shape index (κ1) is 27.2. The van der Waals surface area contributed by atoms with Gasteiger partial charge in [-0.25, -0.2) is 9.59 Å². The molecule has 0 saturated carbocycles. The zero-order chi connectivity index (χ0) is 25.3. The van der Waals surface area contributed by atoms with Crippen molar-refractivity contribution in [2.24, 2.45) is 0 Å². The summed E-state index contributed by atoms with van der Waals surface area (Å²) in [6, 6.07) is 1.03. The van der Waals surface area contributed by atoms with Crippen molar-refractivity contribution in [3.8, 4) is 11.5 Å². The first-order chi connectivity index (χ1) is 16.2. The molecule has 1 aromatic carbocycles. The lowest BCUT2D eigenvalue weighted by molar-refractivity contribution is 0.0598. The highest BCUT2D eigenvalue weighted by Crippen LogP contribution is 2.36. The number of nitrogens with zero attached hydrogens (tertiary/aromatic N) is 2. The van der Waals surface area contributed by atoms with Gasteiger partial charge in [-0.05, 0) is 20.8 Å². The Morgan fingerprint density at radius 1 is 1.35 bits per heavy atom. The number of esters is 1. The lowest BCUT2D eigenvalue weighted by Gasteiger charge is -2.18. The van der Waals surface area contributed by atoms with Crippen LogP contribution in [-0.4, -0.2) is 58.9 Å². The number of thioether (sulfide) groups is 1. The zero-order valence-corrected chi connectivity index (χ0v) is 21.2. The van der Waals surface area contributed by atoms with Crippen molar-refractivity contribution in [3.05, 3.63) is 34.5 Å². The number of aromatic hydroxyl groups is 1. The van der Waals surface area contributed by atoms with Gasteiger partial charge >= 0.3 is 12.1 Å². The van der Waals surface area contributed by atoms with Crippen LogP contribution in [0.25, 0.3) is 0 Å². The molecule has 1 atom stereocenters. The van der Waals surface area contributed by atoms with E-state index in [0.29, 0.717) is 33.4 Å². The fourth-order valence-electron chi connectivity index (χ4n) is 3.05. The van der Waals surface area contributed by atoms with Crippen molar-refractivity contribution in [3.63, 3.8) is 0 Å². The highest BCUT2D eigenvalue weighted by atomic mass is 32.2. The van der Waals surface area contributed by atoms with E-state index in [9.17, 15) is 14.7 Å². The summed E-state index contributed by atoms with van der Waals surface area (Å²) >= 11 is 6.59. The number of nitrogens with one attached hydrogen (secondary N) is 2. The van der Waals surface area contributed by atoms with E-state index in [4.69, 9.17) is 31.0 Å². The summed E-state index contributed by atoms with van der Waals surface area (Å²) in [6.45, 7) is 5.44. The monoisotopic (exact) mass is 512 g/mol. The zero-order valence-electron chi connectivity index (χ0n) is 19.6. The molecule has 0 spiro atoms. The number of hydrogen-bond acceptors (Lipinski definition) is 11. The highest BCUT2D eigenvalue weighted by molar-refractivity contribution is 7.98. The number of ether oxygens (including phenoxy) is 3. The van der Waals surface area contributed by atoms with E-state index >= 15 is 0 Å². The summed E-state index contributed by atoms with van der Waals surface area (Å²) in [5.74, 6) is 1.02. The standard InChI is InChI=1S/C21H28N4O7S2/c1-6-31-21(28)22-8-17-24-19(32-25-17)14(23-12(3)33)10-34-9-13-15(26)7-16(29-4)11(2)18(13)20(27)30-5/h7,14,26H,6,8-10H2,1-5H3,(H,22,28)(H,23,33). The largest absolute Gasteiger partial charge is 0.507 e. The van der Waals surface area contributed by atoms with Crippen LogP contribution in [0.1, 0.15) is 53.1 Å². The van der Waals surface area contributed by atoms with Gasteiger partial charge in [0.05, 0.1) is 37.9 Å². The number of thiocarbonyl (C=S) groups is 1. The van der Waals surface area contributed by atoms with Crippen LogP contribution in [0.3, 0.4) is 0 Å². The number of phenolic OH excluding ortho intramolecular Hbond substituents is 1. The first-order valence-electron chi connectivity index (χ1n) is 10.3. The number of phenols is 1. The maximum absolute atomic E-state index is 12.4. The van der Waals surface area contributed by atoms with Gasteiger partial charge in [0.25, 0.3) is 0 Å². The van der Waals surface area contributed by atoms with Crippen LogP contribution < -0.4 is 15.4 Å². The summed E-state index contributed by atoms with van der Waals surface area (Å²) < 4.78 is 20.3. The smallest absolute Gasteiger partial charge is 0.407 e. The molecule has 1 aromatic heterocycles. The Hall–Kier alpha value is -3.06. The molecule has 1 amide bonds. The minimum atomic E-state index is -0.579. The summed E-state index contributed by atoms with van der Waals surface area (Å²) in [6.07, 6.45) is -0.579. The number of rotatable bonds is 11. The van der Waals surface area contributed by atoms with E-state index in [1.807, 2.05) is 0 Å². The second kappa shape index (κ2) is 13.0. The van der Waals surface area contributed by atoms with Crippen molar-refractivity contribution in [2.75, 3.05) is 26.6 Å².